The molecule has 0 bridgehead atoms. The zero-order valence-electron chi connectivity index (χ0n) is 13.4. The minimum Gasteiger partial charge on any atom is -0.378 e. The molecule has 0 amide bonds. The minimum absolute atomic E-state index is 0.0826. The van der Waals surface area contributed by atoms with Crippen molar-refractivity contribution in [2.24, 2.45) is 0 Å². The van der Waals surface area contributed by atoms with Gasteiger partial charge < -0.3 is 4.74 Å². The fourth-order valence-corrected chi connectivity index (χ4v) is 4.93. The van der Waals surface area contributed by atoms with Crippen molar-refractivity contribution in [3.63, 3.8) is 0 Å². The van der Waals surface area contributed by atoms with Gasteiger partial charge in [-0.15, -0.1) is 0 Å². The molecule has 0 aliphatic carbocycles. The molecule has 0 N–H and O–H groups in total. The van der Waals surface area contributed by atoms with E-state index in [1.165, 1.54) is 4.31 Å². The van der Waals surface area contributed by atoms with Crippen LogP contribution in [0.4, 0.5) is 13.2 Å². The first-order valence-corrected chi connectivity index (χ1v) is 9.54. The Bertz CT molecular complexity index is 888. The summed E-state index contributed by atoms with van der Waals surface area (Å²) >= 11 is 5.90. The van der Waals surface area contributed by atoms with Crippen LogP contribution in [0.1, 0.15) is 17.2 Å². The zero-order chi connectivity index (χ0) is 18.9. The highest BCUT2D eigenvalue weighted by Crippen LogP contribution is 2.36. The molecule has 0 radical (unpaired) electrons. The Labute approximate surface area is 154 Å². The summed E-state index contributed by atoms with van der Waals surface area (Å²) in [7, 11) is -4.10. The first-order valence-electron chi connectivity index (χ1n) is 7.72. The van der Waals surface area contributed by atoms with E-state index in [9.17, 15) is 21.6 Å². The average molecular weight is 406 g/mol. The Morgan fingerprint density at radius 2 is 1.81 bits per heavy atom. The molecule has 4 nitrogen and oxygen atoms in total. The van der Waals surface area contributed by atoms with Gasteiger partial charge >= 0.3 is 6.18 Å². The number of sulfonamides is 1. The van der Waals surface area contributed by atoms with Crippen molar-refractivity contribution in [2.45, 2.75) is 17.1 Å². The molecule has 26 heavy (non-hydrogen) atoms. The predicted octanol–water partition coefficient (Wildman–Crippen LogP) is 4.12. The zero-order valence-corrected chi connectivity index (χ0v) is 15.0. The van der Waals surface area contributed by atoms with E-state index in [0.29, 0.717) is 6.07 Å². The largest absolute Gasteiger partial charge is 0.416 e. The Balaban J connectivity index is 2.01. The minimum atomic E-state index is -4.60. The smallest absolute Gasteiger partial charge is 0.378 e. The summed E-state index contributed by atoms with van der Waals surface area (Å²) in [6, 6.07) is 10.6. The number of ether oxygens (including phenoxy) is 1. The molecule has 1 aliphatic rings. The molecule has 0 unspecified atom stereocenters. The summed E-state index contributed by atoms with van der Waals surface area (Å²) < 4.78 is 71.1. The Hall–Kier alpha value is -1.61. The first-order chi connectivity index (χ1) is 12.2. The Morgan fingerprint density at radius 1 is 1.12 bits per heavy atom. The predicted molar refractivity (Wildman–Crippen MR) is 90.3 cm³/mol. The van der Waals surface area contributed by atoms with E-state index in [1.54, 1.807) is 30.3 Å². The second-order valence-electron chi connectivity index (χ2n) is 5.76. The van der Waals surface area contributed by atoms with Crippen LogP contribution in [0, 0.1) is 0 Å². The number of benzene rings is 2. The van der Waals surface area contributed by atoms with Crippen LogP contribution in [-0.4, -0.2) is 32.5 Å². The van der Waals surface area contributed by atoms with Gasteiger partial charge in [0, 0.05) is 6.54 Å². The number of hydrogen-bond acceptors (Lipinski definition) is 3. The van der Waals surface area contributed by atoms with E-state index in [-0.39, 0.29) is 24.7 Å². The van der Waals surface area contributed by atoms with Gasteiger partial charge in [-0.1, -0.05) is 41.9 Å². The first kappa shape index (κ1) is 19.2. The fourth-order valence-electron chi connectivity index (χ4n) is 2.83. The molecule has 3 rings (SSSR count). The van der Waals surface area contributed by atoms with E-state index in [1.807, 2.05) is 0 Å². The number of nitrogens with zero attached hydrogens (tertiary/aromatic N) is 1. The number of halogens is 4. The number of alkyl halides is 3. The molecule has 0 saturated carbocycles. The van der Waals surface area contributed by atoms with Crippen LogP contribution in [0.25, 0.3) is 0 Å². The Kier molecular flexibility index (Phi) is 5.30. The van der Waals surface area contributed by atoms with E-state index < -0.39 is 32.8 Å². The third-order valence-corrected chi connectivity index (χ3v) is 6.50. The quantitative estimate of drug-likeness (QED) is 0.771. The van der Waals surface area contributed by atoms with Crippen LogP contribution in [-0.2, 0) is 20.9 Å². The van der Waals surface area contributed by atoms with Crippen molar-refractivity contribution in [1.82, 2.24) is 4.31 Å². The summed E-state index contributed by atoms with van der Waals surface area (Å²) in [5, 5.41) is -0.460. The molecule has 1 fully saturated rings. The monoisotopic (exact) mass is 405 g/mol. The van der Waals surface area contributed by atoms with E-state index in [0.717, 1.165) is 17.7 Å². The summed E-state index contributed by atoms with van der Waals surface area (Å²) in [5.41, 5.74) is -0.262. The topological polar surface area (TPSA) is 46.6 Å². The van der Waals surface area contributed by atoms with Crippen molar-refractivity contribution >= 4 is 21.6 Å². The number of hydrogen-bond donors (Lipinski definition) is 0. The van der Waals surface area contributed by atoms with Crippen LogP contribution in [0.3, 0.4) is 0 Å². The van der Waals surface area contributed by atoms with Gasteiger partial charge in [0.2, 0.25) is 10.0 Å². The third-order valence-electron chi connectivity index (χ3n) is 4.11. The van der Waals surface area contributed by atoms with Gasteiger partial charge in [-0.3, -0.25) is 0 Å². The molecule has 1 aliphatic heterocycles. The van der Waals surface area contributed by atoms with E-state index in [2.05, 4.69) is 0 Å². The van der Waals surface area contributed by atoms with Gasteiger partial charge in [-0.25, -0.2) is 8.42 Å². The lowest BCUT2D eigenvalue weighted by Crippen LogP contribution is -2.43. The van der Waals surface area contributed by atoms with Crippen molar-refractivity contribution in [3.8, 4) is 0 Å². The van der Waals surface area contributed by atoms with E-state index >= 15 is 0 Å². The lowest BCUT2D eigenvalue weighted by molar-refractivity contribution is -0.137. The van der Waals surface area contributed by atoms with Crippen LogP contribution >= 0.6 is 11.6 Å². The summed E-state index contributed by atoms with van der Waals surface area (Å²) in [5.74, 6) is 0. The van der Waals surface area contributed by atoms with Crippen molar-refractivity contribution in [1.29, 1.82) is 0 Å². The van der Waals surface area contributed by atoms with E-state index in [4.69, 9.17) is 16.3 Å². The highest BCUT2D eigenvalue weighted by molar-refractivity contribution is 7.89. The molecule has 0 spiro atoms. The molecule has 140 valence electrons. The molecule has 0 aromatic heterocycles. The molecular weight excluding hydrogens is 391 g/mol. The highest BCUT2D eigenvalue weighted by Gasteiger charge is 2.37. The lowest BCUT2D eigenvalue weighted by atomic mass is 10.1. The van der Waals surface area contributed by atoms with Crippen molar-refractivity contribution in [3.05, 3.63) is 64.7 Å². The van der Waals surface area contributed by atoms with Crippen LogP contribution in [0.2, 0.25) is 5.02 Å². The SMILES string of the molecule is O=S(=O)(c1ccc(C(F)(F)F)cc1Cl)N1CCOC[C@H]1c1ccccc1. The maximum Gasteiger partial charge on any atom is 0.416 e. The molecule has 1 saturated heterocycles. The Morgan fingerprint density at radius 3 is 2.42 bits per heavy atom. The van der Waals surface area contributed by atoms with Gasteiger partial charge in [0.1, 0.15) is 4.90 Å². The normalized spacial score (nSPS) is 19.5. The summed E-state index contributed by atoms with van der Waals surface area (Å²) in [6.07, 6.45) is -4.60. The lowest BCUT2D eigenvalue weighted by Gasteiger charge is -2.35. The van der Waals surface area contributed by atoms with Gasteiger partial charge in [0.15, 0.2) is 0 Å². The molecule has 2 aromatic carbocycles. The van der Waals surface area contributed by atoms with Gasteiger partial charge in [0.05, 0.1) is 29.8 Å². The number of morpholine rings is 1. The maximum atomic E-state index is 13.1. The van der Waals surface area contributed by atoms with Gasteiger partial charge in [-0.2, -0.15) is 17.5 Å². The second kappa shape index (κ2) is 7.19. The van der Waals surface area contributed by atoms with Gasteiger partial charge in [-0.05, 0) is 23.8 Å². The highest BCUT2D eigenvalue weighted by atomic mass is 35.5. The standard InChI is InChI=1S/C17H15ClF3NO3S/c18-14-10-13(17(19,20)21)6-7-16(14)26(23,24)22-8-9-25-11-15(22)12-4-2-1-3-5-12/h1-7,10,15H,8-9,11H2/t15-/m0/s1. The maximum absolute atomic E-state index is 13.1. The van der Waals surface area contributed by atoms with Gasteiger partial charge in [0.25, 0.3) is 0 Å². The van der Waals surface area contributed by atoms with Crippen LogP contribution < -0.4 is 0 Å². The second-order valence-corrected chi connectivity index (χ2v) is 8.03. The molecule has 1 heterocycles. The fraction of sp³-hybridized carbons (Fsp3) is 0.294. The average Bonchev–Trinajstić information content (AvgIpc) is 2.61. The van der Waals surface area contributed by atoms with Crippen molar-refractivity contribution < 1.29 is 26.3 Å². The molecule has 9 heteroatoms. The van der Waals surface area contributed by atoms with Crippen molar-refractivity contribution in [2.75, 3.05) is 19.8 Å². The summed E-state index contributed by atoms with van der Waals surface area (Å²) in [4.78, 5) is -0.352. The van der Waals surface area contributed by atoms with Crippen LogP contribution in [0.5, 0.6) is 0 Å². The third kappa shape index (κ3) is 3.73. The molecular formula is C17H15ClF3NO3S. The number of rotatable bonds is 3. The van der Waals surface area contributed by atoms with Crippen LogP contribution in [0.15, 0.2) is 53.4 Å². The summed E-state index contributed by atoms with van der Waals surface area (Å²) in [6.45, 7) is 0.432. The molecule has 2 aromatic rings. The molecule has 1 atom stereocenters.